The average Bonchev–Trinajstić information content (AvgIpc) is 2.58. The zero-order valence-electron chi connectivity index (χ0n) is 12.8. The van der Waals surface area contributed by atoms with Crippen LogP contribution in [-0.2, 0) is 4.74 Å². The molecule has 0 spiro atoms. The third-order valence-electron chi connectivity index (χ3n) is 2.98. The molecule has 24 heavy (non-hydrogen) atoms. The monoisotopic (exact) mass is 367 g/mol. The van der Waals surface area contributed by atoms with Crippen molar-refractivity contribution in [1.82, 2.24) is 10.3 Å². The molecule has 6 nitrogen and oxygen atoms in total. The lowest BCUT2D eigenvalue weighted by atomic mass is 10.2. The van der Waals surface area contributed by atoms with Crippen molar-refractivity contribution in [3.8, 4) is 0 Å². The van der Waals surface area contributed by atoms with Crippen molar-refractivity contribution < 1.29 is 14.3 Å². The Morgan fingerprint density at radius 1 is 1.12 bits per heavy atom. The van der Waals surface area contributed by atoms with Crippen LogP contribution < -0.4 is 10.6 Å². The highest BCUT2D eigenvalue weighted by Crippen LogP contribution is 2.25. The van der Waals surface area contributed by atoms with E-state index in [0.717, 1.165) is 0 Å². The van der Waals surface area contributed by atoms with Gasteiger partial charge < -0.3 is 15.4 Å². The summed E-state index contributed by atoms with van der Waals surface area (Å²) < 4.78 is 4.85. The molecule has 0 aliphatic carbocycles. The van der Waals surface area contributed by atoms with Crippen LogP contribution in [0.4, 0.5) is 5.69 Å². The maximum Gasteiger partial charge on any atom is 0.274 e. The molecule has 0 aliphatic rings. The normalized spacial score (nSPS) is 10.3. The van der Waals surface area contributed by atoms with Gasteiger partial charge in [0.05, 0.1) is 17.3 Å². The van der Waals surface area contributed by atoms with Gasteiger partial charge in [-0.15, -0.1) is 0 Å². The predicted octanol–water partition coefficient (Wildman–Crippen LogP) is 3.02. The molecule has 2 rings (SSSR count). The van der Waals surface area contributed by atoms with Crippen molar-refractivity contribution >= 4 is 40.7 Å². The molecule has 2 amide bonds. The van der Waals surface area contributed by atoms with Crippen LogP contribution in [0.15, 0.2) is 36.4 Å². The van der Waals surface area contributed by atoms with Crippen LogP contribution in [0.2, 0.25) is 10.0 Å². The van der Waals surface area contributed by atoms with Gasteiger partial charge in [0.25, 0.3) is 11.8 Å². The van der Waals surface area contributed by atoms with Gasteiger partial charge in [-0.05, 0) is 30.3 Å². The lowest BCUT2D eigenvalue weighted by molar-refractivity contribution is 0.0932. The van der Waals surface area contributed by atoms with E-state index in [1.807, 2.05) is 0 Å². The zero-order valence-corrected chi connectivity index (χ0v) is 14.3. The number of benzene rings is 1. The summed E-state index contributed by atoms with van der Waals surface area (Å²) in [7, 11) is 1.54. The molecule has 0 radical (unpaired) electrons. The molecule has 126 valence electrons. The molecule has 0 saturated heterocycles. The lowest BCUT2D eigenvalue weighted by Crippen LogP contribution is -2.28. The minimum atomic E-state index is -0.495. The summed E-state index contributed by atoms with van der Waals surface area (Å²) in [5.74, 6) is -0.881. The minimum absolute atomic E-state index is 0.0884. The molecule has 0 saturated carbocycles. The van der Waals surface area contributed by atoms with Gasteiger partial charge in [-0.3, -0.25) is 9.59 Å². The number of ether oxygens (including phenoxy) is 1. The average molecular weight is 368 g/mol. The van der Waals surface area contributed by atoms with Gasteiger partial charge in [0.2, 0.25) is 0 Å². The van der Waals surface area contributed by atoms with Gasteiger partial charge in [-0.1, -0.05) is 29.3 Å². The second-order valence-corrected chi connectivity index (χ2v) is 5.58. The standard InChI is InChI=1S/C16H15Cl2N3O3/c1-24-8-7-19-15(22)12-3-2-4-13(20-12)16(23)21-14-9-10(17)5-6-11(14)18/h2-6,9H,7-8H2,1H3,(H,19,22)(H,21,23). The van der Waals surface area contributed by atoms with Crippen LogP contribution in [0.5, 0.6) is 0 Å². The second-order valence-electron chi connectivity index (χ2n) is 4.74. The number of carbonyl (C=O) groups excluding carboxylic acids is 2. The number of anilines is 1. The van der Waals surface area contributed by atoms with Crippen molar-refractivity contribution in [2.45, 2.75) is 0 Å². The highest BCUT2D eigenvalue weighted by molar-refractivity contribution is 6.35. The van der Waals surface area contributed by atoms with Crippen LogP contribution >= 0.6 is 23.2 Å². The molecule has 8 heteroatoms. The Hall–Kier alpha value is -2.15. The van der Waals surface area contributed by atoms with Crippen LogP contribution in [0.3, 0.4) is 0 Å². The van der Waals surface area contributed by atoms with Crippen LogP contribution in [0.1, 0.15) is 21.0 Å². The maximum atomic E-state index is 12.3. The Balaban J connectivity index is 2.11. The molecule has 1 aromatic heterocycles. The molecule has 2 N–H and O–H groups in total. The van der Waals surface area contributed by atoms with E-state index in [1.165, 1.54) is 25.3 Å². The van der Waals surface area contributed by atoms with E-state index < -0.39 is 5.91 Å². The summed E-state index contributed by atoms with van der Waals surface area (Å²) in [6, 6.07) is 9.32. The van der Waals surface area contributed by atoms with E-state index in [2.05, 4.69) is 15.6 Å². The maximum absolute atomic E-state index is 12.3. The molecule has 2 aromatic rings. The predicted molar refractivity (Wildman–Crippen MR) is 92.9 cm³/mol. The Morgan fingerprint density at radius 2 is 1.83 bits per heavy atom. The smallest absolute Gasteiger partial charge is 0.274 e. The van der Waals surface area contributed by atoms with Crippen molar-refractivity contribution in [2.24, 2.45) is 0 Å². The lowest BCUT2D eigenvalue weighted by Gasteiger charge is -2.08. The number of amides is 2. The first-order valence-electron chi connectivity index (χ1n) is 7.02. The molecule has 0 atom stereocenters. The first-order chi connectivity index (χ1) is 11.5. The first kappa shape index (κ1) is 18.2. The number of rotatable bonds is 6. The fourth-order valence-electron chi connectivity index (χ4n) is 1.82. The van der Waals surface area contributed by atoms with Crippen molar-refractivity contribution in [2.75, 3.05) is 25.6 Å². The Labute approximate surface area is 149 Å². The Morgan fingerprint density at radius 3 is 2.54 bits per heavy atom. The molecule has 0 aliphatic heterocycles. The topological polar surface area (TPSA) is 80.3 Å². The largest absolute Gasteiger partial charge is 0.383 e. The molecular weight excluding hydrogens is 353 g/mol. The molecule has 1 aromatic carbocycles. The van der Waals surface area contributed by atoms with E-state index in [4.69, 9.17) is 27.9 Å². The summed E-state index contributed by atoms with van der Waals surface area (Å²) in [5, 5.41) is 6.04. The number of carbonyl (C=O) groups is 2. The first-order valence-corrected chi connectivity index (χ1v) is 7.77. The minimum Gasteiger partial charge on any atom is -0.383 e. The van der Waals surface area contributed by atoms with Crippen LogP contribution in [0.25, 0.3) is 0 Å². The van der Waals surface area contributed by atoms with Gasteiger partial charge in [-0.25, -0.2) is 4.98 Å². The SMILES string of the molecule is COCCNC(=O)c1cccc(C(=O)Nc2cc(Cl)ccc2Cl)n1. The molecule has 1 heterocycles. The number of aromatic nitrogens is 1. The number of nitrogens with one attached hydrogen (secondary N) is 2. The number of methoxy groups -OCH3 is 1. The number of hydrogen-bond acceptors (Lipinski definition) is 4. The highest BCUT2D eigenvalue weighted by Gasteiger charge is 2.13. The molecular formula is C16H15Cl2N3O3. The van der Waals surface area contributed by atoms with E-state index in [9.17, 15) is 9.59 Å². The number of pyridine rings is 1. The molecule has 0 bridgehead atoms. The summed E-state index contributed by atoms with van der Waals surface area (Å²) in [6.07, 6.45) is 0. The third-order valence-corrected chi connectivity index (χ3v) is 3.55. The third kappa shape index (κ3) is 4.92. The number of halogens is 2. The van der Waals surface area contributed by atoms with E-state index in [0.29, 0.717) is 28.9 Å². The van der Waals surface area contributed by atoms with Crippen molar-refractivity contribution in [3.63, 3.8) is 0 Å². The van der Waals surface area contributed by atoms with Gasteiger partial charge in [0.15, 0.2) is 0 Å². The Kier molecular flexibility index (Phi) is 6.54. The molecule has 0 fully saturated rings. The van der Waals surface area contributed by atoms with E-state index >= 15 is 0 Å². The van der Waals surface area contributed by atoms with Crippen molar-refractivity contribution in [1.29, 1.82) is 0 Å². The highest BCUT2D eigenvalue weighted by atomic mass is 35.5. The summed E-state index contributed by atoms with van der Waals surface area (Å²) >= 11 is 11.9. The van der Waals surface area contributed by atoms with Crippen LogP contribution in [-0.4, -0.2) is 37.1 Å². The van der Waals surface area contributed by atoms with Gasteiger partial charge in [0.1, 0.15) is 11.4 Å². The Bertz CT molecular complexity index is 753. The quantitative estimate of drug-likeness (QED) is 0.769. The van der Waals surface area contributed by atoms with Gasteiger partial charge in [-0.2, -0.15) is 0 Å². The van der Waals surface area contributed by atoms with Crippen molar-refractivity contribution in [3.05, 3.63) is 57.8 Å². The zero-order chi connectivity index (χ0) is 17.5. The summed E-state index contributed by atoms with van der Waals surface area (Å²) in [5.41, 5.74) is 0.590. The number of hydrogen-bond donors (Lipinski definition) is 2. The number of nitrogens with zero attached hydrogens (tertiary/aromatic N) is 1. The summed E-state index contributed by atoms with van der Waals surface area (Å²) in [6.45, 7) is 0.741. The van der Waals surface area contributed by atoms with Crippen LogP contribution in [0, 0.1) is 0 Å². The fraction of sp³-hybridized carbons (Fsp3) is 0.188. The van der Waals surface area contributed by atoms with E-state index in [-0.39, 0.29) is 17.3 Å². The van der Waals surface area contributed by atoms with Gasteiger partial charge >= 0.3 is 0 Å². The summed E-state index contributed by atoms with van der Waals surface area (Å²) in [4.78, 5) is 28.3. The van der Waals surface area contributed by atoms with E-state index in [1.54, 1.807) is 18.2 Å². The second kappa shape index (κ2) is 8.63. The molecule has 0 unspecified atom stereocenters. The van der Waals surface area contributed by atoms with Gasteiger partial charge in [0, 0.05) is 18.7 Å². The fourth-order valence-corrected chi connectivity index (χ4v) is 2.16.